The van der Waals surface area contributed by atoms with Crippen LogP contribution in [-0.2, 0) is 6.42 Å². The molecule has 0 bridgehead atoms. The molecule has 0 aromatic heterocycles. The van der Waals surface area contributed by atoms with Crippen molar-refractivity contribution in [2.45, 2.75) is 25.8 Å². The van der Waals surface area contributed by atoms with Crippen LogP contribution in [0.2, 0.25) is 0 Å². The van der Waals surface area contributed by atoms with Crippen LogP contribution in [0.15, 0.2) is 18.2 Å². The molecule has 0 heterocycles. The van der Waals surface area contributed by atoms with Crippen molar-refractivity contribution in [3.05, 3.63) is 29.3 Å². The first-order valence-corrected chi connectivity index (χ1v) is 4.87. The van der Waals surface area contributed by atoms with E-state index in [1.54, 1.807) is 6.07 Å². The van der Waals surface area contributed by atoms with Crippen LogP contribution >= 0.6 is 0 Å². The number of phenolic OH excluding ortho intramolecular Hbond substituents is 1. The third-order valence-electron chi connectivity index (χ3n) is 2.67. The van der Waals surface area contributed by atoms with Crippen LogP contribution in [-0.4, -0.2) is 11.7 Å². The van der Waals surface area contributed by atoms with Crippen LogP contribution in [0.4, 0.5) is 0 Å². The second kappa shape index (κ2) is 3.38. The minimum Gasteiger partial charge on any atom is -0.508 e. The number of phenols is 1. The minimum atomic E-state index is 0.362. The maximum atomic E-state index is 9.69. The smallest absolute Gasteiger partial charge is 0.120 e. The van der Waals surface area contributed by atoms with E-state index in [2.05, 4.69) is 18.3 Å². The Kier molecular flexibility index (Phi) is 2.23. The largest absolute Gasteiger partial charge is 0.508 e. The number of nitrogens with one attached hydrogen (secondary N) is 1. The van der Waals surface area contributed by atoms with Crippen molar-refractivity contribution < 1.29 is 5.11 Å². The average Bonchev–Trinajstić information content (AvgIpc) is 2.51. The van der Waals surface area contributed by atoms with Crippen molar-refractivity contribution >= 4 is 0 Å². The van der Waals surface area contributed by atoms with Gasteiger partial charge in [-0.3, -0.25) is 0 Å². The normalized spacial score (nSPS) is 20.2. The highest BCUT2D eigenvalue weighted by Gasteiger charge is 2.23. The number of fused-ring (bicyclic) bond motifs is 1. The maximum Gasteiger partial charge on any atom is 0.120 e. The van der Waals surface area contributed by atoms with Gasteiger partial charge in [0.05, 0.1) is 0 Å². The lowest BCUT2D eigenvalue weighted by atomic mass is 10.1. The van der Waals surface area contributed by atoms with Gasteiger partial charge < -0.3 is 10.4 Å². The lowest BCUT2D eigenvalue weighted by Gasteiger charge is -2.13. The molecule has 1 aliphatic rings. The monoisotopic (exact) mass is 177 g/mol. The summed E-state index contributed by atoms with van der Waals surface area (Å²) in [6.07, 6.45) is 2.20. The highest BCUT2D eigenvalue weighted by molar-refractivity contribution is 5.44. The first kappa shape index (κ1) is 8.57. The van der Waals surface area contributed by atoms with Crippen molar-refractivity contribution in [2.75, 3.05) is 6.54 Å². The summed E-state index contributed by atoms with van der Waals surface area (Å²) in [5, 5.41) is 13.1. The summed E-state index contributed by atoms with van der Waals surface area (Å²) >= 11 is 0. The fraction of sp³-hybridized carbons (Fsp3) is 0.455. The van der Waals surface area contributed by atoms with Gasteiger partial charge in [-0.25, -0.2) is 0 Å². The predicted molar refractivity (Wildman–Crippen MR) is 52.8 cm³/mol. The van der Waals surface area contributed by atoms with E-state index >= 15 is 0 Å². The van der Waals surface area contributed by atoms with Gasteiger partial charge >= 0.3 is 0 Å². The Morgan fingerprint density at radius 2 is 2.38 bits per heavy atom. The molecule has 2 N–H and O–H groups in total. The third-order valence-corrected chi connectivity index (χ3v) is 2.67. The topological polar surface area (TPSA) is 32.3 Å². The Morgan fingerprint density at radius 1 is 1.54 bits per heavy atom. The second-order valence-electron chi connectivity index (χ2n) is 3.50. The highest BCUT2D eigenvalue weighted by atomic mass is 16.3. The second-order valence-corrected chi connectivity index (χ2v) is 3.50. The van der Waals surface area contributed by atoms with Gasteiger partial charge in [-0.2, -0.15) is 0 Å². The predicted octanol–water partition coefficient (Wildman–Crippen LogP) is 1.99. The Bertz CT molecular complexity index is 307. The van der Waals surface area contributed by atoms with E-state index in [9.17, 15) is 5.11 Å². The van der Waals surface area contributed by atoms with Crippen molar-refractivity contribution in [2.24, 2.45) is 0 Å². The molecule has 1 unspecified atom stereocenters. The Hall–Kier alpha value is -1.02. The van der Waals surface area contributed by atoms with Crippen LogP contribution in [0.3, 0.4) is 0 Å². The molecule has 1 aromatic rings. The Labute approximate surface area is 78.6 Å². The fourth-order valence-electron chi connectivity index (χ4n) is 2.11. The Morgan fingerprint density at radius 3 is 3.15 bits per heavy atom. The summed E-state index contributed by atoms with van der Waals surface area (Å²) in [6, 6.07) is 6.16. The third kappa shape index (κ3) is 1.42. The highest BCUT2D eigenvalue weighted by Crippen LogP contribution is 2.36. The number of aryl methyl sites for hydroxylation is 1. The zero-order valence-electron chi connectivity index (χ0n) is 7.88. The SMILES string of the molecule is CCNC1CCc2cccc(O)c21. The molecule has 0 saturated heterocycles. The van der Waals surface area contributed by atoms with Crippen LogP contribution in [0.5, 0.6) is 5.75 Å². The van der Waals surface area contributed by atoms with Crippen LogP contribution < -0.4 is 5.32 Å². The van der Waals surface area contributed by atoms with Gasteiger partial charge in [0, 0.05) is 11.6 Å². The van der Waals surface area contributed by atoms with Crippen molar-refractivity contribution in [1.29, 1.82) is 0 Å². The molecule has 0 spiro atoms. The van der Waals surface area contributed by atoms with Gasteiger partial charge in [-0.05, 0) is 31.0 Å². The zero-order valence-corrected chi connectivity index (χ0v) is 7.88. The molecule has 0 saturated carbocycles. The summed E-state index contributed by atoms with van der Waals surface area (Å²) in [4.78, 5) is 0. The summed E-state index contributed by atoms with van der Waals surface area (Å²) in [5.74, 6) is 0.445. The standard InChI is InChI=1S/C11H15NO/c1-2-12-9-7-6-8-4-3-5-10(13)11(8)9/h3-5,9,12-13H,2,6-7H2,1H3. The van der Waals surface area contributed by atoms with Crippen molar-refractivity contribution in [3.8, 4) is 5.75 Å². The quantitative estimate of drug-likeness (QED) is 0.724. The minimum absolute atomic E-state index is 0.362. The molecule has 70 valence electrons. The summed E-state index contributed by atoms with van der Waals surface area (Å²) in [7, 11) is 0. The average molecular weight is 177 g/mol. The number of hydrogen-bond acceptors (Lipinski definition) is 2. The van der Waals surface area contributed by atoms with Gasteiger partial charge in [-0.15, -0.1) is 0 Å². The lowest BCUT2D eigenvalue weighted by molar-refractivity contribution is 0.452. The fourth-order valence-corrected chi connectivity index (χ4v) is 2.11. The summed E-state index contributed by atoms with van der Waals surface area (Å²) < 4.78 is 0. The molecule has 13 heavy (non-hydrogen) atoms. The molecule has 1 atom stereocenters. The lowest BCUT2D eigenvalue weighted by Crippen LogP contribution is -2.18. The zero-order chi connectivity index (χ0) is 9.26. The van der Waals surface area contributed by atoms with Crippen LogP contribution in [0.25, 0.3) is 0 Å². The number of benzene rings is 1. The van der Waals surface area contributed by atoms with Gasteiger partial charge in [0.25, 0.3) is 0 Å². The van der Waals surface area contributed by atoms with Crippen LogP contribution in [0, 0.1) is 0 Å². The molecule has 2 heteroatoms. The van der Waals surface area contributed by atoms with E-state index in [1.807, 2.05) is 6.07 Å². The molecule has 2 nitrogen and oxygen atoms in total. The van der Waals surface area contributed by atoms with Crippen molar-refractivity contribution in [1.82, 2.24) is 5.32 Å². The van der Waals surface area contributed by atoms with E-state index in [4.69, 9.17) is 0 Å². The van der Waals surface area contributed by atoms with Crippen molar-refractivity contribution in [3.63, 3.8) is 0 Å². The van der Waals surface area contributed by atoms with Gasteiger partial charge in [-0.1, -0.05) is 19.1 Å². The molecular formula is C11H15NO. The summed E-state index contributed by atoms with van der Waals surface area (Å²) in [5.41, 5.74) is 2.41. The van der Waals surface area contributed by atoms with Crippen LogP contribution in [0.1, 0.15) is 30.5 Å². The van der Waals surface area contributed by atoms with E-state index in [1.165, 1.54) is 5.56 Å². The molecule has 2 rings (SSSR count). The van der Waals surface area contributed by atoms with E-state index in [0.29, 0.717) is 11.8 Å². The van der Waals surface area contributed by atoms with Gasteiger partial charge in [0.2, 0.25) is 0 Å². The molecular weight excluding hydrogens is 162 g/mol. The number of rotatable bonds is 2. The van der Waals surface area contributed by atoms with E-state index in [-0.39, 0.29) is 0 Å². The molecule has 0 aliphatic heterocycles. The summed E-state index contributed by atoms with van der Waals surface area (Å²) in [6.45, 7) is 3.05. The first-order valence-electron chi connectivity index (χ1n) is 4.87. The maximum absolute atomic E-state index is 9.69. The molecule has 0 radical (unpaired) electrons. The number of hydrogen-bond donors (Lipinski definition) is 2. The molecule has 1 aliphatic carbocycles. The molecule has 1 aromatic carbocycles. The first-order chi connectivity index (χ1) is 6.33. The Balaban J connectivity index is 2.34. The van der Waals surface area contributed by atoms with E-state index in [0.717, 1.165) is 24.9 Å². The van der Waals surface area contributed by atoms with E-state index < -0.39 is 0 Å². The van der Waals surface area contributed by atoms with Gasteiger partial charge in [0.1, 0.15) is 5.75 Å². The molecule has 0 fully saturated rings. The molecule has 0 amide bonds. The van der Waals surface area contributed by atoms with Gasteiger partial charge in [0.15, 0.2) is 0 Å². The number of aromatic hydroxyl groups is 1.